The SMILES string of the molecule is CCc1cnc(CNS(C)(=O)=O)o1. The molecule has 1 rings (SSSR count). The van der Waals surface area contributed by atoms with Crippen molar-refractivity contribution in [1.82, 2.24) is 9.71 Å². The van der Waals surface area contributed by atoms with Crippen molar-refractivity contribution in [2.75, 3.05) is 6.26 Å². The van der Waals surface area contributed by atoms with Crippen molar-refractivity contribution in [2.45, 2.75) is 19.9 Å². The number of oxazole rings is 1. The minimum Gasteiger partial charge on any atom is -0.444 e. The van der Waals surface area contributed by atoms with Crippen LogP contribution >= 0.6 is 0 Å². The second kappa shape index (κ2) is 3.89. The summed E-state index contributed by atoms with van der Waals surface area (Å²) in [5, 5.41) is 0. The highest BCUT2D eigenvalue weighted by Crippen LogP contribution is 2.03. The van der Waals surface area contributed by atoms with Crippen LogP contribution in [-0.2, 0) is 23.0 Å². The van der Waals surface area contributed by atoms with Crippen LogP contribution in [0.4, 0.5) is 0 Å². The number of nitrogens with one attached hydrogen (secondary N) is 1. The standard InChI is InChI=1S/C7H12N2O3S/c1-3-6-4-8-7(12-6)5-9-13(2,10)11/h4,9H,3,5H2,1-2H3. The highest BCUT2D eigenvalue weighted by Gasteiger charge is 2.05. The summed E-state index contributed by atoms with van der Waals surface area (Å²) in [7, 11) is -3.17. The first-order valence-corrected chi connectivity index (χ1v) is 5.78. The number of aryl methyl sites for hydroxylation is 1. The van der Waals surface area contributed by atoms with Gasteiger partial charge in [-0.3, -0.25) is 0 Å². The summed E-state index contributed by atoms with van der Waals surface area (Å²) in [4.78, 5) is 3.90. The van der Waals surface area contributed by atoms with Crippen LogP contribution in [0.25, 0.3) is 0 Å². The Hall–Kier alpha value is -0.880. The van der Waals surface area contributed by atoms with Gasteiger partial charge >= 0.3 is 0 Å². The molecule has 5 nitrogen and oxygen atoms in total. The quantitative estimate of drug-likeness (QED) is 0.765. The van der Waals surface area contributed by atoms with E-state index in [-0.39, 0.29) is 6.54 Å². The Morgan fingerprint density at radius 2 is 2.31 bits per heavy atom. The highest BCUT2D eigenvalue weighted by atomic mass is 32.2. The largest absolute Gasteiger partial charge is 0.444 e. The molecule has 13 heavy (non-hydrogen) atoms. The predicted octanol–water partition coefficient (Wildman–Crippen LogP) is 0.286. The molecule has 1 heterocycles. The Bertz CT molecular complexity index is 369. The second-order valence-electron chi connectivity index (χ2n) is 2.67. The fourth-order valence-electron chi connectivity index (χ4n) is 0.786. The number of rotatable bonds is 4. The zero-order valence-corrected chi connectivity index (χ0v) is 8.39. The molecule has 0 amide bonds. The van der Waals surface area contributed by atoms with Crippen LogP contribution in [0.5, 0.6) is 0 Å². The third-order valence-electron chi connectivity index (χ3n) is 1.44. The lowest BCUT2D eigenvalue weighted by Gasteiger charge is -1.96. The van der Waals surface area contributed by atoms with Crippen molar-refractivity contribution < 1.29 is 12.8 Å². The van der Waals surface area contributed by atoms with Crippen LogP contribution in [-0.4, -0.2) is 19.7 Å². The summed E-state index contributed by atoms with van der Waals surface area (Å²) in [6, 6.07) is 0. The maximum Gasteiger partial charge on any atom is 0.209 e. The van der Waals surface area contributed by atoms with Gasteiger partial charge in [-0.15, -0.1) is 0 Å². The van der Waals surface area contributed by atoms with E-state index in [2.05, 4.69) is 9.71 Å². The number of sulfonamides is 1. The first-order valence-electron chi connectivity index (χ1n) is 3.89. The third-order valence-corrected chi connectivity index (χ3v) is 2.10. The van der Waals surface area contributed by atoms with Crippen LogP contribution in [0.2, 0.25) is 0 Å². The van der Waals surface area contributed by atoms with Crippen molar-refractivity contribution >= 4 is 10.0 Å². The van der Waals surface area contributed by atoms with Gasteiger partial charge in [0.2, 0.25) is 15.9 Å². The lowest BCUT2D eigenvalue weighted by molar-refractivity contribution is 0.452. The van der Waals surface area contributed by atoms with Crippen molar-refractivity contribution in [3.63, 3.8) is 0 Å². The summed E-state index contributed by atoms with van der Waals surface area (Å²) >= 11 is 0. The predicted molar refractivity (Wildman–Crippen MR) is 47.6 cm³/mol. The van der Waals surface area contributed by atoms with Crippen LogP contribution in [0, 0.1) is 0 Å². The normalized spacial score (nSPS) is 11.8. The van der Waals surface area contributed by atoms with Crippen molar-refractivity contribution in [3.05, 3.63) is 17.8 Å². The zero-order valence-electron chi connectivity index (χ0n) is 7.57. The van der Waals surface area contributed by atoms with E-state index in [1.54, 1.807) is 6.20 Å². The molecule has 0 spiro atoms. The molecule has 0 bridgehead atoms. The number of nitrogens with zero attached hydrogens (tertiary/aromatic N) is 1. The third kappa shape index (κ3) is 3.56. The molecule has 1 aromatic rings. The van der Waals surface area contributed by atoms with Crippen LogP contribution < -0.4 is 4.72 Å². The Labute approximate surface area is 77.2 Å². The zero-order chi connectivity index (χ0) is 9.90. The molecule has 0 saturated heterocycles. The van der Waals surface area contributed by atoms with E-state index >= 15 is 0 Å². The number of hydrogen-bond acceptors (Lipinski definition) is 4. The maximum atomic E-state index is 10.7. The van der Waals surface area contributed by atoms with Crippen LogP contribution in [0.15, 0.2) is 10.6 Å². The van der Waals surface area contributed by atoms with Gasteiger partial charge in [-0.2, -0.15) is 0 Å². The smallest absolute Gasteiger partial charge is 0.209 e. The Kier molecular flexibility index (Phi) is 3.05. The van der Waals surface area contributed by atoms with Crippen molar-refractivity contribution in [3.8, 4) is 0 Å². The van der Waals surface area contributed by atoms with Gasteiger partial charge < -0.3 is 4.42 Å². The molecule has 1 N–H and O–H groups in total. The van der Waals surface area contributed by atoms with Gasteiger partial charge in [-0.05, 0) is 0 Å². The van der Waals surface area contributed by atoms with Gasteiger partial charge in [-0.25, -0.2) is 18.1 Å². The fourth-order valence-corrected chi connectivity index (χ4v) is 1.17. The molecule has 0 saturated carbocycles. The van der Waals surface area contributed by atoms with Crippen molar-refractivity contribution in [2.24, 2.45) is 0 Å². The minimum atomic E-state index is -3.17. The molecule has 0 fully saturated rings. The van der Waals surface area contributed by atoms with Gasteiger partial charge in [0.05, 0.1) is 19.0 Å². The van der Waals surface area contributed by atoms with Gasteiger partial charge in [0.1, 0.15) is 5.76 Å². The Morgan fingerprint density at radius 3 is 2.77 bits per heavy atom. The number of aromatic nitrogens is 1. The van der Waals surface area contributed by atoms with E-state index in [1.165, 1.54) is 0 Å². The van der Waals surface area contributed by atoms with Crippen LogP contribution in [0.3, 0.4) is 0 Å². The summed E-state index contributed by atoms with van der Waals surface area (Å²) in [5.41, 5.74) is 0. The fraction of sp³-hybridized carbons (Fsp3) is 0.571. The molecule has 1 aromatic heterocycles. The molecule has 0 aliphatic carbocycles. The second-order valence-corrected chi connectivity index (χ2v) is 4.50. The lowest BCUT2D eigenvalue weighted by atomic mass is 10.4. The van der Waals surface area contributed by atoms with Gasteiger partial charge in [0.15, 0.2) is 0 Å². The van der Waals surface area contributed by atoms with Gasteiger partial charge in [-0.1, -0.05) is 6.92 Å². The molecule has 0 aliphatic rings. The first-order chi connectivity index (χ1) is 6.01. The van der Waals surface area contributed by atoms with Gasteiger partial charge in [0, 0.05) is 6.42 Å². The van der Waals surface area contributed by atoms with Gasteiger partial charge in [0.25, 0.3) is 0 Å². The summed E-state index contributed by atoms with van der Waals surface area (Å²) in [6.45, 7) is 2.05. The average molecular weight is 204 g/mol. The van der Waals surface area contributed by atoms with E-state index in [1.807, 2.05) is 6.92 Å². The summed E-state index contributed by atoms with van der Waals surface area (Å²) in [6.07, 6.45) is 3.45. The topological polar surface area (TPSA) is 72.2 Å². The molecule has 0 aliphatic heterocycles. The van der Waals surface area contributed by atoms with E-state index in [9.17, 15) is 8.42 Å². The number of hydrogen-bond donors (Lipinski definition) is 1. The average Bonchev–Trinajstić information content (AvgIpc) is 2.47. The monoisotopic (exact) mass is 204 g/mol. The summed E-state index contributed by atoms with van der Waals surface area (Å²) in [5.74, 6) is 1.15. The molecule has 0 atom stereocenters. The molecule has 0 unspecified atom stereocenters. The molecule has 6 heteroatoms. The molecule has 0 aromatic carbocycles. The van der Waals surface area contributed by atoms with E-state index in [0.717, 1.165) is 18.4 Å². The Morgan fingerprint density at radius 1 is 1.62 bits per heavy atom. The molecule has 74 valence electrons. The van der Waals surface area contributed by atoms with Crippen molar-refractivity contribution in [1.29, 1.82) is 0 Å². The first kappa shape index (κ1) is 10.2. The summed E-state index contributed by atoms with van der Waals surface area (Å²) < 4.78 is 28.9. The van der Waals surface area contributed by atoms with E-state index in [4.69, 9.17) is 4.42 Å². The van der Waals surface area contributed by atoms with Crippen LogP contribution in [0.1, 0.15) is 18.6 Å². The van der Waals surface area contributed by atoms with E-state index < -0.39 is 10.0 Å². The minimum absolute atomic E-state index is 0.110. The molecular formula is C7H12N2O3S. The Balaban J connectivity index is 2.55. The maximum absolute atomic E-state index is 10.7. The molecular weight excluding hydrogens is 192 g/mol. The molecule has 0 radical (unpaired) electrons. The van der Waals surface area contributed by atoms with E-state index in [0.29, 0.717) is 5.89 Å². The highest BCUT2D eigenvalue weighted by molar-refractivity contribution is 7.88. The lowest BCUT2D eigenvalue weighted by Crippen LogP contribution is -2.21.